The molecule has 120 valence electrons. The van der Waals surface area contributed by atoms with Crippen LogP contribution in [0.15, 0.2) is 24.3 Å². The number of hydrogen-bond donors (Lipinski definition) is 2. The van der Waals surface area contributed by atoms with E-state index in [1.54, 1.807) is 17.9 Å². The van der Waals surface area contributed by atoms with Gasteiger partial charge in [-0.1, -0.05) is 29.8 Å². The number of rotatable bonds is 3. The highest BCUT2D eigenvalue weighted by Gasteiger charge is 2.29. The molecule has 1 fully saturated rings. The van der Waals surface area contributed by atoms with Crippen molar-refractivity contribution in [1.29, 1.82) is 0 Å². The highest BCUT2D eigenvalue weighted by Crippen LogP contribution is 2.37. The number of nitrogens with two attached hydrogens (primary N) is 1. The number of phenolic OH excluding ortho intramolecular Hbond substituents is 1. The number of amides is 1. The van der Waals surface area contributed by atoms with Crippen molar-refractivity contribution in [3.8, 4) is 5.75 Å². The van der Waals surface area contributed by atoms with Gasteiger partial charge in [-0.2, -0.15) is 0 Å². The number of carbonyl (C=O) groups is 1. The van der Waals surface area contributed by atoms with E-state index in [1.807, 2.05) is 0 Å². The van der Waals surface area contributed by atoms with Crippen molar-refractivity contribution in [2.24, 2.45) is 11.7 Å². The van der Waals surface area contributed by atoms with Gasteiger partial charge in [0.1, 0.15) is 5.75 Å². The van der Waals surface area contributed by atoms with Crippen LogP contribution in [-0.2, 0) is 4.79 Å². The van der Waals surface area contributed by atoms with Gasteiger partial charge in [0, 0.05) is 36.3 Å². The zero-order chi connectivity index (χ0) is 16.4. The topological polar surface area (TPSA) is 66.6 Å². The molecule has 1 aromatic rings. The molecule has 1 amide bonds. The van der Waals surface area contributed by atoms with Gasteiger partial charge in [0.2, 0.25) is 5.91 Å². The standard InChI is InChI=1S/C16H20Cl2N2O2/c1-9(2)16(22)20-5-3-10(4-6-20)15(19)11-7-12(17)13(18)8-14(11)21/h7-8,10,15,21H,1,3-6,19H2,2H3. The van der Waals surface area contributed by atoms with Gasteiger partial charge in [-0.25, -0.2) is 0 Å². The molecule has 22 heavy (non-hydrogen) atoms. The maximum Gasteiger partial charge on any atom is 0.248 e. The molecule has 6 heteroatoms. The quantitative estimate of drug-likeness (QED) is 0.826. The number of phenols is 1. The van der Waals surface area contributed by atoms with Crippen LogP contribution in [-0.4, -0.2) is 29.0 Å². The third-order valence-electron chi connectivity index (χ3n) is 4.13. The summed E-state index contributed by atoms with van der Waals surface area (Å²) in [6.45, 7) is 6.69. The molecule has 0 aromatic heterocycles. The lowest BCUT2D eigenvalue weighted by Gasteiger charge is -2.35. The molecule has 2 rings (SSSR count). The first kappa shape index (κ1) is 17.1. The summed E-state index contributed by atoms with van der Waals surface area (Å²) in [4.78, 5) is 13.7. The minimum atomic E-state index is -0.336. The molecule has 1 atom stereocenters. The Morgan fingerprint density at radius 1 is 1.36 bits per heavy atom. The van der Waals surface area contributed by atoms with Crippen LogP contribution in [0.4, 0.5) is 0 Å². The van der Waals surface area contributed by atoms with Crippen LogP contribution in [0.2, 0.25) is 10.0 Å². The predicted molar refractivity (Wildman–Crippen MR) is 89.2 cm³/mol. The zero-order valence-electron chi connectivity index (χ0n) is 12.5. The molecule has 1 aromatic carbocycles. The van der Waals surface area contributed by atoms with Gasteiger partial charge in [0.05, 0.1) is 10.0 Å². The molecule has 1 heterocycles. The van der Waals surface area contributed by atoms with Gasteiger partial charge < -0.3 is 15.7 Å². The lowest BCUT2D eigenvalue weighted by Crippen LogP contribution is -2.41. The fraction of sp³-hybridized carbons (Fsp3) is 0.438. The van der Waals surface area contributed by atoms with E-state index in [0.717, 1.165) is 12.8 Å². The molecule has 0 bridgehead atoms. The summed E-state index contributed by atoms with van der Waals surface area (Å²) < 4.78 is 0. The van der Waals surface area contributed by atoms with E-state index in [2.05, 4.69) is 6.58 Å². The summed E-state index contributed by atoms with van der Waals surface area (Å²) in [5, 5.41) is 10.7. The smallest absolute Gasteiger partial charge is 0.248 e. The number of likely N-dealkylation sites (tertiary alicyclic amines) is 1. The number of piperidine rings is 1. The molecule has 0 aliphatic carbocycles. The van der Waals surface area contributed by atoms with Gasteiger partial charge in [0.15, 0.2) is 0 Å². The second-order valence-electron chi connectivity index (χ2n) is 5.76. The molecule has 0 saturated carbocycles. The van der Waals surface area contributed by atoms with Gasteiger partial charge >= 0.3 is 0 Å². The van der Waals surface area contributed by atoms with Crippen LogP contribution in [0.5, 0.6) is 5.75 Å². The van der Waals surface area contributed by atoms with E-state index in [-0.39, 0.29) is 23.6 Å². The van der Waals surface area contributed by atoms with E-state index in [4.69, 9.17) is 28.9 Å². The monoisotopic (exact) mass is 342 g/mol. The van der Waals surface area contributed by atoms with Crippen LogP contribution in [0.1, 0.15) is 31.4 Å². The Labute approximate surface area is 140 Å². The van der Waals surface area contributed by atoms with Gasteiger partial charge in [0.25, 0.3) is 0 Å². The number of hydrogen-bond acceptors (Lipinski definition) is 3. The van der Waals surface area contributed by atoms with Crippen molar-refractivity contribution in [3.05, 3.63) is 39.9 Å². The summed E-state index contributed by atoms with van der Waals surface area (Å²) >= 11 is 11.9. The molecule has 3 N–H and O–H groups in total. The maximum atomic E-state index is 11.9. The molecule has 0 spiro atoms. The summed E-state index contributed by atoms with van der Waals surface area (Å²) in [5.74, 6) is 0.226. The average Bonchev–Trinajstić information content (AvgIpc) is 2.49. The van der Waals surface area contributed by atoms with E-state index in [9.17, 15) is 9.90 Å². The summed E-state index contributed by atoms with van der Waals surface area (Å²) in [5.41, 5.74) is 7.43. The highest BCUT2D eigenvalue weighted by molar-refractivity contribution is 6.42. The van der Waals surface area contributed by atoms with E-state index >= 15 is 0 Å². The Morgan fingerprint density at radius 2 is 1.91 bits per heavy atom. The fourth-order valence-electron chi connectivity index (χ4n) is 2.80. The fourth-order valence-corrected chi connectivity index (χ4v) is 3.13. The zero-order valence-corrected chi connectivity index (χ0v) is 14.0. The van der Waals surface area contributed by atoms with Crippen molar-refractivity contribution >= 4 is 29.1 Å². The van der Waals surface area contributed by atoms with Gasteiger partial charge in [-0.3, -0.25) is 4.79 Å². The molecular formula is C16H20Cl2N2O2. The maximum absolute atomic E-state index is 11.9. The summed E-state index contributed by atoms with van der Waals surface area (Å²) in [7, 11) is 0. The second kappa shape index (κ2) is 6.90. The summed E-state index contributed by atoms with van der Waals surface area (Å²) in [6.07, 6.45) is 1.56. The molecule has 1 aliphatic heterocycles. The van der Waals surface area contributed by atoms with Crippen molar-refractivity contribution in [2.75, 3.05) is 13.1 Å². The van der Waals surface area contributed by atoms with Crippen molar-refractivity contribution < 1.29 is 9.90 Å². The lowest BCUT2D eigenvalue weighted by molar-refractivity contribution is -0.128. The normalized spacial score (nSPS) is 17.4. The second-order valence-corrected chi connectivity index (χ2v) is 6.58. The lowest BCUT2D eigenvalue weighted by atomic mass is 9.85. The Morgan fingerprint density at radius 3 is 2.45 bits per heavy atom. The van der Waals surface area contributed by atoms with E-state index < -0.39 is 0 Å². The SMILES string of the molecule is C=C(C)C(=O)N1CCC(C(N)c2cc(Cl)c(Cl)cc2O)CC1. The summed E-state index contributed by atoms with van der Waals surface area (Å²) in [6, 6.07) is 2.70. The first-order chi connectivity index (χ1) is 10.3. The Balaban J connectivity index is 2.07. The molecule has 0 radical (unpaired) electrons. The number of aromatic hydroxyl groups is 1. The predicted octanol–water partition coefficient (Wildman–Crippen LogP) is 3.51. The van der Waals surface area contributed by atoms with E-state index in [0.29, 0.717) is 34.3 Å². The third-order valence-corrected chi connectivity index (χ3v) is 4.85. The Bertz CT molecular complexity index is 596. The Kier molecular flexibility index (Phi) is 5.37. The largest absolute Gasteiger partial charge is 0.508 e. The van der Waals surface area contributed by atoms with Crippen LogP contribution in [0, 0.1) is 5.92 Å². The van der Waals surface area contributed by atoms with Crippen molar-refractivity contribution in [1.82, 2.24) is 4.90 Å². The molecule has 1 unspecified atom stereocenters. The average molecular weight is 343 g/mol. The van der Waals surface area contributed by atoms with E-state index in [1.165, 1.54) is 6.07 Å². The first-order valence-corrected chi connectivity index (χ1v) is 7.95. The van der Waals surface area contributed by atoms with Crippen LogP contribution < -0.4 is 5.73 Å². The van der Waals surface area contributed by atoms with Crippen molar-refractivity contribution in [2.45, 2.75) is 25.8 Å². The van der Waals surface area contributed by atoms with Gasteiger partial charge in [-0.15, -0.1) is 0 Å². The molecule has 1 aliphatic rings. The van der Waals surface area contributed by atoms with Crippen LogP contribution in [0.3, 0.4) is 0 Å². The first-order valence-electron chi connectivity index (χ1n) is 7.19. The van der Waals surface area contributed by atoms with Crippen molar-refractivity contribution in [3.63, 3.8) is 0 Å². The van der Waals surface area contributed by atoms with Crippen LogP contribution in [0.25, 0.3) is 0 Å². The molecule has 4 nitrogen and oxygen atoms in total. The minimum absolute atomic E-state index is 0.00981. The third kappa shape index (κ3) is 3.57. The number of carbonyl (C=O) groups excluding carboxylic acids is 1. The number of halogens is 2. The van der Waals surface area contributed by atoms with Gasteiger partial charge in [-0.05, 0) is 31.7 Å². The Hall–Kier alpha value is -1.23. The number of benzene rings is 1. The minimum Gasteiger partial charge on any atom is -0.508 e. The number of nitrogens with zero attached hydrogens (tertiary/aromatic N) is 1. The molecular weight excluding hydrogens is 323 g/mol. The van der Waals surface area contributed by atoms with Crippen LogP contribution >= 0.6 is 23.2 Å². The molecule has 1 saturated heterocycles. The highest BCUT2D eigenvalue weighted by atomic mass is 35.5.